The molecule has 2 aromatic carbocycles. The fraction of sp³-hybridized carbons (Fsp3) is 0.158. The summed E-state index contributed by atoms with van der Waals surface area (Å²) in [6.45, 7) is -1.97. The van der Waals surface area contributed by atoms with Crippen LogP contribution in [0.25, 0.3) is 0 Å². The van der Waals surface area contributed by atoms with Crippen molar-refractivity contribution < 1.29 is 50.0 Å². The number of rotatable bonds is 7. The van der Waals surface area contributed by atoms with Crippen molar-refractivity contribution in [3.8, 4) is 0 Å². The van der Waals surface area contributed by atoms with Gasteiger partial charge in [0.25, 0.3) is 5.91 Å². The molecule has 0 fully saturated rings. The molecular weight excluding hydrogens is 541 g/mol. The number of halogens is 6. The molecule has 17 heteroatoms. The van der Waals surface area contributed by atoms with Gasteiger partial charge in [0.2, 0.25) is 0 Å². The number of hydrogen-bond donors (Lipinski definition) is 2. The Morgan fingerprint density at radius 3 is 2.11 bits per heavy atom. The van der Waals surface area contributed by atoms with E-state index in [-0.39, 0.29) is 59.1 Å². The molecular formula is C19H16F6N3Na2O5P. The van der Waals surface area contributed by atoms with Gasteiger partial charge >= 0.3 is 73.1 Å². The van der Waals surface area contributed by atoms with Gasteiger partial charge in [0.1, 0.15) is 29.7 Å². The van der Waals surface area contributed by atoms with Gasteiger partial charge in [0.15, 0.2) is 5.82 Å². The second kappa shape index (κ2) is 13.1. The van der Waals surface area contributed by atoms with Crippen molar-refractivity contribution in [1.29, 1.82) is 0 Å². The van der Waals surface area contributed by atoms with Crippen molar-refractivity contribution >= 4 is 78.7 Å². The first kappa shape index (κ1) is 32.8. The molecule has 186 valence electrons. The predicted octanol–water partition coefficient (Wildman–Crippen LogP) is 2.78. The Kier molecular flexibility index (Phi) is 11.9. The number of phosphoric acid groups is 1. The summed E-state index contributed by atoms with van der Waals surface area (Å²) in [5, 5.41) is 3.79. The average Bonchev–Trinajstić information content (AvgIpc) is 3.16. The molecule has 0 aliphatic heterocycles. The van der Waals surface area contributed by atoms with E-state index in [0.29, 0.717) is 11.0 Å². The van der Waals surface area contributed by atoms with Crippen molar-refractivity contribution in [2.24, 2.45) is 0 Å². The zero-order valence-corrected chi connectivity index (χ0v) is 17.6. The third-order valence-electron chi connectivity index (χ3n) is 4.42. The summed E-state index contributed by atoms with van der Waals surface area (Å²) in [6.07, 6.45) is -3.85. The molecule has 1 heterocycles. The molecule has 36 heavy (non-hydrogen) atoms. The molecule has 0 atom stereocenters. The van der Waals surface area contributed by atoms with Crippen molar-refractivity contribution in [3.63, 3.8) is 0 Å². The number of carbonyl (C=O) groups excluding carboxylic acids is 1. The fourth-order valence-corrected chi connectivity index (χ4v) is 3.19. The molecule has 3 aromatic rings. The summed E-state index contributed by atoms with van der Waals surface area (Å²) in [5.74, 6) is -5.72. The number of amides is 1. The molecule has 0 bridgehead atoms. The molecule has 0 saturated heterocycles. The molecule has 2 N–H and O–H groups in total. The molecule has 3 rings (SSSR count). The van der Waals surface area contributed by atoms with Gasteiger partial charge in [-0.3, -0.25) is 18.9 Å². The second-order valence-electron chi connectivity index (χ2n) is 6.71. The Hall–Kier alpha value is -1.19. The number of carbonyl (C=O) groups is 1. The monoisotopic (exact) mass is 557 g/mol. The van der Waals surface area contributed by atoms with Gasteiger partial charge in [-0.1, -0.05) is 12.1 Å². The van der Waals surface area contributed by atoms with Crippen molar-refractivity contribution in [2.75, 3.05) is 11.6 Å². The number of alkyl halides is 3. The van der Waals surface area contributed by atoms with Gasteiger partial charge in [0.05, 0.1) is 12.1 Å². The van der Waals surface area contributed by atoms with Crippen LogP contribution in [0.3, 0.4) is 0 Å². The summed E-state index contributed by atoms with van der Waals surface area (Å²) < 4.78 is 98.1. The van der Waals surface area contributed by atoms with E-state index in [1.54, 1.807) is 0 Å². The van der Waals surface area contributed by atoms with Gasteiger partial charge in [-0.05, 0) is 24.3 Å². The van der Waals surface area contributed by atoms with Crippen LogP contribution in [0.5, 0.6) is 0 Å². The van der Waals surface area contributed by atoms with Crippen LogP contribution in [-0.2, 0) is 21.8 Å². The standard InChI is InChI=1S/C19H14F6N3O5P.2Na.2H/c20-13-4-1-3-12(19(23,24)25)11(13)9-27-8-7-16(26-27)28(10-33-34(30,31)32)18(29)17-14(21)5-2-6-15(17)22;;;;/h1-8H,9-10H2,(H2,30,31,32);;;;. The molecule has 0 aliphatic rings. The maximum absolute atomic E-state index is 14.1. The van der Waals surface area contributed by atoms with E-state index in [4.69, 9.17) is 9.79 Å². The molecule has 0 radical (unpaired) electrons. The van der Waals surface area contributed by atoms with Gasteiger partial charge in [0, 0.05) is 17.8 Å². The van der Waals surface area contributed by atoms with E-state index in [9.17, 15) is 35.7 Å². The van der Waals surface area contributed by atoms with E-state index in [0.717, 1.165) is 47.3 Å². The first-order valence-corrected chi connectivity index (χ1v) is 10.6. The molecule has 0 spiro atoms. The van der Waals surface area contributed by atoms with E-state index in [2.05, 4.69) is 9.62 Å². The quantitative estimate of drug-likeness (QED) is 0.201. The van der Waals surface area contributed by atoms with Gasteiger partial charge in [-0.15, -0.1) is 0 Å². The van der Waals surface area contributed by atoms with Crippen LogP contribution in [0.2, 0.25) is 0 Å². The minimum absolute atomic E-state index is 0. The summed E-state index contributed by atoms with van der Waals surface area (Å²) in [6, 6.07) is 5.82. The number of phosphoric ester groups is 1. The van der Waals surface area contributed by atoms with E-state index in [1.165, 1.54) is 0 Å². The number of anilines is 1. The first-order valence-electron chi connectivity index (χ1n) is 9.12. The van der Waals surface area contributed by atoms with E-state index >= 15 is 0 Å². The van der Waals surface area contributed by atoms with Crippen LogP contribution >= 0.6 is 7.82 Å². The van der Waals surface area contributed by atoms with Crippen LogP contribution in [0.4, 0.5) is 32.2 Å². The van der Waals surface area contributed by atoms with Crippen LogP contribution < -0.4 is 4.90 Å². The topological polar surface area (TPSA) is 105 Å². The van der Waals surface area contributed by atoms with Gasteiger partial charge < -0.3 is 9.79 Å². The normalized spacial score (nSPS) is 11.4. The van der Waals surface area contributed by atoms with Crippen molar-refractivity contribution in [3.05, 3.63) is 82.8 Å². The maximum atomic E-state index is 14.1. The summed E-state index contributed by atoms with van der Waals surface area (Å²) in [7, 11) is -5.17. The Bertz CT molecular complexity index is 1250. The van der Waals surface area contributed by atoms with Gasteiger partial charge in [-0.25, -0.2) is 17.7 Å². The Morgan fingerprint density at radius 1 is 1.00 bits per heavy atom. The molecule has 0 unspecified atom stereocenters. The zero-order chi connectivity index (χ0) is 25.3. The molecule has 1 amide bonds. The fourth-order valence-electron chi connectivity index (χ4n) is 2.93. The van der Waals surface area contributed by atoms with E-state index < -0.39 is 73.1 Å². The molecule has 1 aromatic heterocycles. The molecule has 0 saturated carbocycles. The first-order chi connectivity index (χ1) is 15.8. The summed E-state index contributed by atoms with van der Waals surface area (Å²) in [4.78, 5) is 31.0. The van der Waals surface area contributed by atoms with Crippen LogP contribution in [0.15, 0.2) is 48.7 Å². The Morgan fingerprint density at radius 2 is 1.56 bits per heavy atom. The van der Waals surface area contributed by atoms with Crippen LogP contribution in [-0.4, -0.2) is 91.3 Å². The number of nitrogens with zero attached hydrogens (tertiary/aromatic N) is 3. The van der Waals surface area contributed by atoms with Crippen molar-refractivity contribution in [1.82, 2.24) is 9.78 Å². The van der Waals surface area contributed by atoms with Crippen LogP contribution in [0.1, 0.15) is 21.5 Å². The zero-order valence-electron chi connectivity index (χ0n) is 16.7. The third kappa shape index (κ3) is 8.15. The summed E-state index contributed by atoms with van der Waals surface area (Å²) in [5.41, 5.74) is -3.13. The SMILES string of the molecule is O=C(c1c(F)cccc1F)N(COP(=O)(O)O)c1ccn(Cc2c(F)cccc2C(F)(F)F)n1.[NaH].[NaH]. The van der Waals surface area contributed by atoms with Crippen LogP contribution in [0, 0.1) is 17.5 Å². The average molecular weight is 557 g/mol. The minimum atomic E-state index is -5.17. The summed E-state index contributed by atoms with van der Waals surface area (Å²) >= 11 is 0. The predicted molar refractivity (Wildman–Crippen MR) is 118 cm³/mol. The third-order valence-corrected chi connectivity index (χ3v) is 4.88. The molecule has 0 aliphatic carbocycles. The second-order valence-corrected chi connectivity index (χ2v) is 7.95. The number of hydrogen-bond acceptors (Lipinski definition) is 4. The Labute approximate surface area is 244 Å². The number of aromatic nitrogens is 2. The van der Waals surface area contributed by atoms with E-state index in [1.807, 2.05) is 0 Å². The van der Waals surface area contributed by atoms with Crippen molar-refractivity contribution in [2.45, 2.75) is 12.7 Å². The Balaban J connectivity index is 0.00000324. The molecule has 8 nitrogen and oxygen atoms in total. The number of benzene rings is 2. The van der Waals surface area contributed by atoms with Gasteiger partial charge in [-0.2, -0.15) is 18.3 Å².